The summed E-state index contributed by atoms with van der Waals surface area (Å²) in [5.41, 5.74) is 2.05. The van der Waals surface area contributed by atoms with Gasteiger partial charge in [0.05, 0.1) is 5.69 Å². The third kappa shape index (κ3) is 3.67. The second-order valence-electron chi connectivity index (χ2n) is 5.99. The summed E-state index contributed by atoms with van der Waals surface area (Å²) in [7, 11) is 0. The molecule has 6 heteroatoms. The molecule has 0 N–H and O–H groups in total. The van der Waals surface area contributed by atoms with E-state index in [4.69, 9.17) is 16.6 Å². The first kappa shape index (κ1) is 16.3. The van der Waals surface area contributed by atoms with E-state index in [2.05, 4.69) is 10.3 Å². The molecule has 0 atom stereocenters. The summed E-state index contributed by atoms with van der Waals surface area (Å²) < 4.78 is 0. The molecule has 0 bridgehead atoms. The lowest BCUT2D eigenvalue weighted by molar-refractivity contribution is -0.134. The van der Waals surface area contributed by atoms with Crippen LogP contribution in [0.4, 0.5) is 5.13 Å². The van der Waals surface area contributed by atoms with E-state index in [1.165, 1.54) is 0 Å². The molecule has 1 aliphatic heterocycles. The Hall–Kier alpha value is -1.59. The van der Waals surface area contributed by atoms with Gasteiger partial charge in [-0.1, -0.05) is 37.6 Å². The predicted octanol–water partition coefficient (Wildman–Crippen LogP) is 3.77. The summed E-state index contributed by atoms with van der Waals surface area (Å²) in [4.78, 5) is 21.0. The Balaban J connectivity index is 1.66. The first-order valence-corrected chi connectivity index (χ1v) is 9.05. The molecule has 23 heavy (non-hydrogen) atoms. The third-order valence-corrected chi connectivity index (χ3v) is 5.14. The minimum Gasteiger partial charge on any atom is -0.345 e. The van der Waals surface area contributed by atoms with E-state index in [0.717, 1.165) is 47.6 Å². The van der Waals surface area contributed by atoms with Crippen LogP contribution in [0, 0.1) is 5.92 Å². The number of nitrogens with zero attached hydrogens (tertiary/aromatic N) is 3. The highest BCUT2D eigenvalue weighted by atomic mass is 35.5. The third-order valence-electron chi connectivity index (χ3n) is 3.99. The molecule has 0 aliphatic carbocycles. The Bertz CT molecular complexity index is 675. The number of amides is 1. The van der Waals surface area contributed by atoms with Crippen molar-refractivity contribution in [2.75, 3.05) is 31.1 Å². The minimum absolute atomic E-state index is 0.0675. The van der Waals surface area contributed by atoms with E-state index < -0.39 is 0 Å². The molecule has 1 aromatic carbocycles. The van der Waals surface area contributed by atoms with Gasteiger partial charge in [0, 0.05) is 48.1 Å². The van der Waals surface area contributed by atoms with E-state index in [-0.39, 0.29) is 11.8 Å². The summed E-state index contributed by atoms with van der Waals surface area (Å²) in [6.45, 7) is 7.12. The van der Waals surface area contributed by atoms with Gasteiger partial charge in [-0.25, -0.2) is 4.98 Å². The molecule has 4 nitrogen and oxygen atoms in total. The lowest BCUT2D eigenvalue weighted by Crippen LogP contribution is -2.49. The van der Waals surface area contributed by atoms with Crippen molar-refractivity contribution in [1.82, 2.24) is 9.88 Å². The van der Waals surface area contributed by atoms with Crippen molar-refractivity contribution < 1.29 is 4.79 Å². The number of thiazole rings is 1. The summed E-state index contributed by atoms with van der Waals surface area (Å²) in [5, 5.41) is 3.83. The first-order chi connectivity index (χ1) is 11.0. The molecule has 1 aromatic heterocycles. The zero-order valence-electron chi connectivity index (χ0n) is 13.3. The minimum atomic E-state index is 0.0675. The molecule has 1 saturated heterocycles. The van der Waals surface area contributed by atoms with Gasteiger partial charge in [-0.3, -0.25) is 4.79 Å². The topological polar surface area (TPSA) is 36.4 Å². The largest absolute Gasteiger partial charge is 0.345 e. The molecule has 0 radical (unpaired) electrons. The molecule has 122 valence electrons. The predicted molar refractivity (Wildman–Crippen MR) is 96.2 cm³/mol. The Morgan fingerprint density at radius 3 is 2.43 bits per heavy atom. The fourth-order valence-corrected chi connectivity index (χ4v) is 3.66. The van der Waals surface area contributed by atoms with Gasteiger partial charge >= 0.3 is 0 Å². The van der Waals surface area contributed by atoms with E-state index in [9.17, 15) is 4.79 Å². The normalized spacial score (nSPS) is 15.3. The molecule has 0 saturated carbocycles. The molecule has 1 amide bonds. The van der Waals surface area contributed by atoms with Gasteiger partial charge in [0.2, 0.25) is 5.91 Å². The number of carbonyl (C=O) groups is 1. The lowest BCUT2D eigenvalue weighted by atomic mass is 10.1. The van der Waals surface area contributed by atoms with E-state index in [1.54, 1.807) is 11.3 Å². The van der Waals surface area contributed by atoms with Gasteiger partial charge in [-0.2, -0.15) is 0 Å². The van der Waals surface area contributed by atoms with E-state index in [1.807, 2.05) is 43.0 Å². The number of halogens is 1. The van der Waals surface area contributed by atoms with Crippen LogP contribution in [0.1, 0.15) is 13.8 Å². The highest BCUT2D eigenvalue weighted by molar-refractivity contribution is 7.14. The SMILES string of the molecule is CC(C)C(=O)N1CCN(c2nc(-c3ccc(Cl)cc3)cs2)CC1. The molecule has 1 aliphatic rings. The zero-order chi connectivity index (χ0) is 16.4. The molecule has 0 unspecified atom stereocenters. The van der Waals surface area contributed by atoms with Gasteiger partial charge in [0.1, 0.15) is 0 Å². The highest BCUT2D eigenvalue weighted by Gasteiger charge is 2.24. The number of piperazine rings is 1. The lowest BCUT2D eigenvalue weighted by Gasteiger charge is -2.35. The number of hydrogen-bond acceptors (Lipinski definition) is 4. The van der Waals surface area contributed by atoms with Crippen LogP contribution in [0.5, 0.6) is 0 Å². The Kier molecular flexibility index (Phi) is 4.87. The molecule has 2 heterocycles. The zero-order valence-corrected chi connectivity index (χ0v) is 14.9. The molecule has 3 rings (SSSR count). The van der Waals surface area contributed by atoms with Gasteiger partial charge in [-0.15, -0.1) is 11.3 Å². The van der Waals surface area contributed by atoms with Crippen molar-refractivity contribution in [2.45, 2.75) is 13.8 Å². The van der Waals surface area contributed by atoms with Crippen molar-refractivity contribution in [2.24, 2.45) is 5.92 Å². The quantitative estimate of drug-likeness (QED) is 0.846. The summed E-state index contributed by atoms with van der Waals surface area (Å²) in [6.07, 6.45) is 0. The Labute approximate surface area is 145 Å². The van der Waals surface area contributed by atoms with Crippen LogP contribution in [0.2, 0.25) is 5.02 Å². The fraction of sp³-hybridized carbons (Fsp3) is 0.412. The number of aromatic nitrogens is 1. The smallest absolute Gasteiger partial charge is 0.225 e. The first-order valence-electron chi connectivity index (χ1n) is 7.80. The van der Waals surface area contributed by atoms with Crippen LogP contribution < -0.4 is 4.90 Å². The van der Waals surface area contributed by atoms with Crippen molar-refractivity contribution >= 4 is 34.0 Å². The fourth-order valence-electron chi connectivity index (χ4n) is 2.65. The number of rotatable bonds is 3. The maximum atomic E-state index is 12.0. The molecule has 0 spiro atoms. The number of benzene rings is 1. The van der Waals surface area contributed by atoms with Crippen molar-refractivity contribution in [1.29, 1.82) is 0 Å². The van der Waals surface area contributed by atoms with Gasteiger partial charge in [0.25, 0.3) is 0 Å². The van der Waals surface area contributed by atoms with Crippen molar-refractivity contribution in [3.8, 4) is 11.3 Å². The summed E-state index contributed by atoms with van der Waals surface area (Å²) >= 11 is 7.58. The van der Waals surface area contributed by atoms with E-state index >= 15 is 0 Å². The van der Waals surface area contributed by atoms with Gasteiger partial charge in [-0.05, 0) is 12.1 Å². The summed E-state index contributed by atoms with van der Waals surface area (Å²) in [5.74, 6) is 0.309. The average molecular weight is 350 g/mol. The standard InChI is InChI=1S/C17H20ClN3OS/c1-12(2)16(22)20-7-9-21(10-8-20)17-19-15(11-23-17)13-3-5-14(18)6-4-13/h3-6,11-12H,7-10H2,1-2H3. The second-order valence-corrected chi connectivity index (χ2v) is 7.26. The van der Waals surface area contributed by atoms with Crippen LogP contribution in [0.3, 0.4) is 0 Å². The van der Waals surface area contributed by atoms with E-state index in [0.29, 0.717) is 0 Å². The van der Waals surface area contributed by atoms with Gasteiger partial charge in [0.15, 0.2) is 5.13 Å². The van der Waals surface area contributed by atoms with Crippen molar-refractivity contribution in [3.05, 3.63) is 34.7 Å². The molecular weight excluding hydrogens is 330 g/mol. The van der Waals surface area contributed by atoms with Gasteiger partial charge < -0.3 is 9.80 Å². The summed E-state index contributed by atoms with van der Waals surface area (Å²) in [6, 6.07) is 7.74. The molecule has 1 fully saturated rings. The van der Waals surface area contributed by atoms with Crippen LogP contribution in [0.15, 0.2) is 29.6 Å². The Morgan fingerprint density at radius 2 is 1.83 bits per heavy atom. The second kappa shape index (κ2) is 6.89. The Morgan fingerprint density at radius 1 is 1.17 bits per heavy atom. The van der Waals surface area contributed by atoms with Crippen LogP contribution in [0.25, 0.3) is 11.3 Å². The maximum absolute atomic E-state index is 12.0. The highest BCUT2D eigenvalue weighted by Crippen LogP contribution is 2.28. The van der Waals surface area contributed by atoms with Crippen LogP contribution in [-0.2, 0) is 4.79 Å². The monoisotopic (exact) mass is 349 g/mol. The number of carbonyl (C=O) groups excluding carboxylic acids is 1. The molecular formula is C17H20ClN3OS. The molecule has 2 aromatic rings. The number of anilines is 1. The average Bonchev–Trinajstić information content (AvgIpc) is 3.05. The van der Waals surface area contributed by atoms with Crippen molar-refractivity contribution in [3.63, 3.8) is 0 Å². The van der Waals surface area contributed by atoms with Crippen LogP contribution >= 0.6 is 22.9 Å². The van der Waals surface area contributed by atoms with Crippen LogP contribution in [-0.4, -0.2) is 42.0 Å². The maximum Gasteiger partial charge on any atom is 0.225 e. The number of hydrogen-bond donors (Lipinski definition) is 0.